The van der Waals surface area contributed by atoms with E-state index in [0.717, 1.165) is 0 Å². The van der Waals surface area contributed by atoms with Crippen LogP contribution in [0.2, 0.25) is 0 Å². The second-order valence-electron chi connectivity index (χ2n) is 3.41. The summed E-state index contributed by atoms with van der Waals surface area (Å²) in [7, 11) is 1.56. The molecule has 0 aliphatic carbocycles. The minimum Gasteiger partial charge on any atom is -0.436 e. The van der Waals surface area contributed by atoms with Gasteiger partial charge in [0, 0.05) is 20.6 Å². The minimum absolute atomic E-state index is 0.235. The molecule has 1 rings (SSSR count). The summed E-state index contributed by atoms with van der Waals surface area (Å²) < 4.78 is 10.0. The van der Waals surface area contributed by atoms with Gasteiger partial charge in [-0.2, -0.15) is 0 Å². The van der Waals surface area contributed by atoms with E-state index in [0.29, 0.717) is 24.7 Å². The molecule has 0 spiro atoms. The van der Waals surface area contributed by atoms with Gasteiger partial charge in [0.15, 0.2) is 5.89 Å². The van der Waals surface area contributed by atoms with E-state index in [1.165, 1.54) is 0 Å². The summed E-state index contributed by atoms with van der Waals surface area (Å²) in [5.41, 5.74) is 0.577. The highest BCUT2D eigenvalue weighted by atomic mass is 35.5. The van der Waals surface area contributed by atoms with Crippen molar-refractivity contribution in [1.29, 1.82) is 0 Å². The predicted molar refractivity (Wildman–Crippen MR) is 59.8 cm³/mol. The summed E-state index contributed by atoms with van der Waals surface area (Å²) in [6, 6.07) is 0. The molecule has 0 bridgehead atoms. The Labute approximate surface area is 99.1 Å². The van der Waals surface area contributed by atoms with Crippen LogP contribution in [0.1, 0.15) is 22.1 Å². The van der Waals surface area contributed by atoms with Crippen molar-refractivity contribution in [2.45, 2.75) is 19.2 Å². The average molecular weight is 247 g/mol. The van der Waals surface area contributed by atoms with Crippen molar-refractivity contribution in [2.75, 3.05) is 20.3 Å². The van der Waals surface area contributed by atoms with Crippen molar-refractivity contribution in [1.82, 2.24) is 10.3 Å². The van der Waals surface area contributed by atoms with Crippen molar-refractivity contribution in [3.63, 3.8) is 0 Å². The van der Waals surface area contributed by atoms with E-state index in [9.17, 15) is 4.79 Å². The second-order valence-corrected chi connectivity index (χ2v) is 4.03. The lowest BCUT2D eigenvalue weighted by Gasteiger charge is -2.08. The van der Waals surface area contributed by atoms with Crippen LogP contribution in [0.25, 0.3) is 0 Å². The number of ether oxygens (including phenoxy) is 1. The van der Waals surface area contributed by atoms with Crippen LogP contribution in [0.5, 0.6) is 0 Å². The molecular weight excluding hydrogens is 232 g/mol. The van der Waals surface area contributed by atoms with Crippen LogP contribution in [0.4, 0.5) is 0 Å². The normalized spacial score (nSPS) is 12.5. The summed E-state index contributed by atoms with van der Waals surface area (Å²) in [6.45, 7) is 4.13. The number of carbonyl (C=O) groups is 1. The van der Waals surface area contributed by atoms with E-state index in [1.54, 1.807) is 21.0 Å². The van der Waals surface area contributed by atoms with Crippen LogP contribution in [-0.2, 0) is 4.74 Å². The number of hydrogen-bond donors (Lipinski definition) is 1. The highest BCUT2D eigenvalue weighted by molar-refractivity contribution is 6.21. The highest BCUT2D eigenvalue weighted by Gasteiger charge is 2.16. The third-order valence-electron chi connectivity index (χ3n) is 1.94. The third-order valence-corrected chi connectivity index (χ3v) is 2.22. The Bertz CT molecular complexity index is 365. The number of methoxy groups -OCH3 is 1. The number of rotatable bonds is 5. The zero-order valence-electron chi connectivity index (χ0n) is 9.54. The number of aromatic nitrogens is 1. The number of nitrogens with zero attached hydrogens (tertiary/aromatic N) is 1. The maximum Gasteiger partial charge on any atom is 0.289 e. The predicted octanol–water partition coefficient (Wildman–Crippen LogP) is 1.28. The first kappa shape index (κ1) is 13.0. The van der Waals surface area contributed by atoms with Gasteiger partial charge < -0.3 is 14.5 Å². The van der Waals surface area contributed by atoms with Crippen LogP contribution in [-0.4, -0.2) is 36.5 Å². The number of halogens is 1. The second kappa shape index (κ2) is 5.86. The van der Waals surface area contributed by atoms with Crippen molar-refractivity contribution >= 4 is 17.5 Å². The van der Waals surface area contributed by atoms with E-state index in [2.05, 4.69) is 10.3 Å². The van der Waals surface area contributed by atoms with Crippen LogP contribution in [0, 0.1) is 13.8 Å². The highest BCUT2D eigenvalue weighted by Crippen LogP contribution is 2.08. The van der Waals surface area contributed by atoms with Crippen LogP contribution in [0.3, 0.4) is 0 Å². The molecule has 0 aliphatic rings. The van der Waals surface area contributed by atoms with E-state index in [-0.39, 0.29) is 17.0 Å². The number of carbonyl (C=O) groups excluding carboxylic acids is 1. The van der Waals surface area contributed by atoms with E-state index in [4.69, 9.17) is 20.8 Å². The Morgan fingerprint density at radius 3 is 2.81 bits per heavy atom. The van der Waals surface area contributed by atoms with Gasteiger partial charge in [0.05, 0.1) is 17.7 Å². The van der Waals surface area contributed by atoms with Gasteiger partial charge in [-0.25, -0.2) is 4.98 Å². The molecule has 1 atom stereocenters. The van der Waals surface area contributed by atoms with Gasteiger partial charge in [0.2, 0.25) is 5.76 Å². The van der Waals surface area contributed by atoms with E-state index in [1.807, 2.05) is 0 Å². The standard InChI is InChI=1S/C10H15ClN2O3/c1-6-9(16-7(2)13-6)10(14)12-4-8(11)5-15-3/h8H,4-5H2,1-3H3,(H,12,14). The molecule has 0 saturated heterocycles. The molecule has 0 saturated carbocycles. The smallest absolute Gasteiger partial charge is 0.289 e. The lowest BCUT2D eigenvalue weighted by molar-refractivity contribution is 0.0919. The molecule has 90 valence electrons. The number of aryl methyl sites for hydroxylation is 2. The maximum absolute atomic E-state index is 11.6. The molecule has 1 heterocycles. The summed E-state index contributed by atoms with van der Waals surface area (Å²) in [5, 5.41) is 2.40. The fraction of sp³-hybridized carbons (Fsp3) is 0.600. The van der Waals surface area contributed by atoms with Crippen molar-refractivity contribution in [3.8, 4) is 0 Å². The Morgan fingerprint density at radius 1 is 1.62 bits per heavy atom. The Balaban J connectivity index is 2.50. The largest absolute Gasteiger partial charge is 0.436 e. The maximum atomic E-state index is 11.6. The van der Waals surface area contributed by atoms with Crippen LogP contribution < -0.4 is 5.32 Å². The van der Waals surface area contributed by atoms with Crippen molar-refractivity contribution < 1.29 is 13.9 Å². The van der Waals surface area contributed by atoms with Gasteiger partial charge in [-0.1, -0.05) is 0 Å². The molecule has 0 aliphatic heterocycles. The van der Waals surface area contributed by atoms with Crippen molar-refractivity contribution in [2.24, 2.45) is 0 Å². The number of hydrogen-bond acceptors (Lipinski definition) is 4. The Hall–Kier alpha value is -1.07. The van der Waals surface area contributed by atoms with E-state index < -0.39 is 0 Å². The fourth-order valence-corrected chi connectivity index (χ4v) is 1.47. The summed E-state index contributed by atoms with van der Waals surface area (Å²) in [4.78, 5) is 15.7. The third kappa shape index (κ3) is 3.50. The molecule has 1 N–H and O–H groups in total. The molecule has 1 unspecified atom stereocenters. The van der Waals surface area contributed by atoms with Gasteiger partial charge in [-0.05, 0) is 6.92 Å². The van der Waals surface area contributed by atoms with E-state index >= 15 is 0 Å². The fourth-order valence-electron chi connectivity index (χ4n) is 1.27. The molecule has 1 aromatic rings. The van der Waals surface area contributed by atoms with Gasteiger partial charge >= 0.3 is 0 Å². The Kier molecular flexibility index (Phi) is 4.76. The summed E-state index contributed by atoms with van der Waals surface area (Å²) >= 11 is 5.87. The van der Waals surface area contributed by atoms with Crippen LogP contribution in [0.15, 0.2) is 4.42 Å². The van der Waals surface area contributed by atoms with Gasteiger partial charge in [0.1, 0.15) is 0 Å². The summed E-state index contributed by atoms with van der Waals surface area (Å²) in [6.07, 6.45) is 0. The molecule has 16 heavy (non-hydrogen) atoms. The van der Waals surface area contributed by atoms with Crippen molar-refractivity contribution in [3.05, 3.63) is 17.3 Å². The quantitative estimate of drug-likeness (QED) is 0.795. The number of alkyl halides is 1. The molecule has 0 aromatic carbocycles. The topological polar surface area (TPSA) is 64.4 Å². The molecule has 0 fully saturated rings. The average Bonchev–Trinajstić information content (AvgIpc) is 2.55. The lowest BCUT2D eigenvalue weighted by atomic mass is 10.3. The van der Waals surface area contributed by atoms with Gasteiger partial charge in [-0.3, -0.25) is 4.79 Å². The number of amides is 1. The molecule has 0 radical (unpaired) electrons. The van der Waals surface area contributed by atoms with Gasteiger partial charge in [0.25, 0.3) is 5.91 Å². The first-order chi connectivity index (χ1) is 7.54. The molecule has 1 amide bonds. The molecule has 1 aromatic heterocycles. The Morgan fingerprint density at radius 2 is 2.31 bits per heavy atom. The molecular formula is C10H15ClN2O3. The zero-order valence-corrected chi connectivity index (χ0v) is 10.3. The first-order valence-corrected chi connectivity index (χ1v) is 5.33. The molecule has 5 nitrogen and oxygen atoms in total. The minimum atomic E-state index is -0.306. The first-order valence-electron chi connectivity index (χ1n) is 4.89. The lowest BCUT2D eigenvalue weighted by Crippen LogP contribution is -2.31. The molecule has 6 heteroatoms. The summed E-state index contributed by atoms with van der Waals surface area (Å²) in [5.74, 6) is 0.403. The van der Waals surface area contributed by atoms with Gasteiger partial charge in [-0.15, -0.1) is 11.6 Å². The van der Waals surface area contributed by atoms with Crippen LogP contribution >= 0.6 is 11.6 Å². The zero-order chi connectivity index (χ0) is 12.1. The number of nitrogens with one attached hydrogen (secondary N) is 1. The number of oxazole rings is 1. The SMILES string of the molecule is COCC(Cl)CNC(=O)c1oc(C)nc1C. The monoisotopic (exact) mass is 246 g/mol.